The van der Waals surface area contributed by atoms with Crippen LogP contribution in [0, 0.1) is 6.92 Å². The Morgan fingerprint density at radius 2 is 1.56 bits per heavy atom. The molecule has 0 aliphatic heterocycles. The summed E-state index contributed by atoms with van der Waals surface area (Å²) in [4.78, 5) is 0. The molecule has 0 atom stereocenters. The highest BCUT2D eigenvalue weighted by molar-refractivity contribution is 9.11. The van der Waals surface area contributed by atoms with Crippen LogP contribution < -0.4 is 0 Å². The molecule has 0 amide bonds. The second-order valence-electron chi connectivity index (χ2n) is 3.09. The minimum Gasteiger partial charge on any atom is -0.243 e. The van der Waals surface area contributed by atoms with Gasteiger partial charge in [-0.1, -0.05) is 0 Å². The molecule has 0 saturated carbocycles. The van der Waals surface area contributed by atoms with E-state index in [0.29, 0.717) is 0 Å². The standard InChI is InChI=1S/C8H3Br2F3N2O/c1-2-3(8(11,12)13)5(10)7-6(4(2)9)14-16-15-7/h1H3. The first kappa shape index (κ1) is 11.8. The monoisotopic (exact) mass is 358 g/mol. The summed E-state index contributed by atoms with van der Waals surface area (Å²) in [7, 11) is 0. The van der Waals surface area contributed by atoms with E-state index in [1.807, 2.05) is 0 Å². The molecule has 2 aromatic rings. The van der Waals surface area contributed by atoms with E-state index in [4.69, 9.17) is 0 Å². The first-order chi connectivity index (χ1) is 7.34. The molecule has 86 valence electrons. The zero-order chi connectivity index (χ0) is 12.1. The summed E-state index contributed by atoms with van der Waals surface area (Å²) in [5, 5.41) is 6.96. The summed E-state index contributed by atoms with van der Waals surface area (Å²) in [6.07, 6.45) is -4.46. The quantitative estimate of drug-likeness (QED) is 0.711. The second kappa shape index (κ2) is 3.69. The Morgan fingerprint density at radius 1 is 1.06 bits per heavy atom. The molecule has 2 rings (SSSR count). The van der Waals surface area contributed by atoms with Crippen LogP contribution in [0.25, 0.3) is 11.0 Å². The molecule has 0 fully saturated rings. The van der Waals surface area contributed by atoms with Gasteiger partial charge in [0.15, 0.2) is 11.0 Å². The first-order valence-corrected chi connectivity index (χ1v) is 5.59. The summed E-state index contributed by atoms with van der Waals surface area (Å²) in [5.41, 5.74) is -0.424. The van der Waals surface area contributed by atoms with Crippen molar-refractivity contribution in [3.8, 4) is 0 Å². The number of alkyl halides is 3. The van der Waals surface area contributed by atoms with Crippen molar-refractivity contribution in [1.29, 1.82) is 0 Å². The van der Waals surface area contributed by atoms with Crippen molar-refractivity contribution < 1.29 is 17.8 Å². The molecule has 0 aliphatic carbocycles. The Hall–Kier alpha value is -0.630. The third-order valence-electron chi connectivity index (χ3n) is 2.11. The molecule has 0 N–H and O–H groups in total. The van der Waals surface area contributed by atoms with E-state index >= 15 is 0 Å². The molecule has 0 unspecified atom stereocenters. The third-order valence-corrected chi connectivity index (χ3v) is 3.85. The maximum Gasteiger partial charge on any atom is 0.417 e. The molecule has 0 aliphatic rings. The van der Waals surface area contributed by atoms with Crippen LogP contribution in [0.2, 0.25) is 0 Å². The zero-order valence-electron chi connectivity index (χ0n) is 7.69. The molecular formula is C8H3Br2F3N2O. The maximum absolute atomic E-state index is 12.8. The summed E-state index contributed by atoms with van der Waals surface area (Å²) >= 11 is 5.93. The summed E-state index contributed by atoms with van der Waals surface area (Å²) in [6, 6.07) is 0. The van der Waals surface area contributed by atoms with Crippen molar-refractivity contribution in [2.24, 2.45) is 0 Å². The van der Waals surface area contributed by atoms with Gasteiger partial charge in [-0.3, -0.25) is 0 Å². The van der Waals surface area contributed by atoms with Gasteiger partial charge in [-0.05, 0) is 54.7 Å². The van der Waals surface area contributed by atoms with Gasteiger partial charge in [0.2, 0.25) is 0 Å². The van der Waals surface area contributed by atoms with Gasteiger partial charge in [0.05, 0.1) is 14.5 Å². The maximum atomic E-state index is 12.8. The Morgan fingerprint density at radius 3 is 2.06 bits per heavy atom. The molecule has 1 aromatic heterocycles. The van der Waals surface area contributed by atoms with E-state index in [-0.39, 0.29) is 25.5 Å². The lowest BCUT2D eigenvalue weighted by Gasteiger charge is -2.13. The van der Waals surface area contributed by atoms with Crippen LogP contribution in [0.4, 0.5) is 13.2 Å². The molecule has 16 heavy (non-hydrogen) atoms. The summed E-state index contributed by atoms with van der Waals surface area (Å²) < 4.78 is 42.9. The number of aromatic nitrogens is 2. The smallest absolute Gasteiger partial charge is 0.243 e. The van der Waals surface area contributed by atoms with Gasteiger partial charge in [-0.2, -0.15) is 13.2 Å². The van der Waals surface area contributed by atoms with Gasteiger partial charge in [0.25, 0.3) is 0 Å². The topological polar surface area (TPSA) is 38.9 Å². The van der Waals surface area contributed by atoms with Crippen molar-refractivity contribution in [2.75, 3.05) is 0 Å². The van der Waals surface area contributed by atoms with E-state index in [0.717, 1.165) is 0 Å². The second-order valence-corrected chi connectivity index (χ2v) is 4.67. The van der Waals surface area contributed by atoms with Crippen LogP contribution in [0.1, 0.15) is 11.1 Å². The van der Waals surface area contributed by atoms with Crippen LogP contribution in [0.15, 0.2) is 13.6 Å². The lowest BCUT2D eigenvalue weighted by atomic mass is 10.1. The molecule has 1 aromatic carbocycles. The molecule has 8 heteroatoms. The fraction of sp³-hybridized carbons (Fsp3) is 0.250. The number of rotatable bonds is 0. The number of benzene rings is 1. The molecule has 0 bridgehead atoms. The van der Waals surface area contributed by atoms with Crippen molar-refractivity contribution in [3.63, 3.8) is 0 Å². The Bertz CT molecular complexity index is 564. The number of fused-ring (bicyclic) bond motifs is 1. The van der Waals surface area contributed by atoms with E-state index in [9.17, 15) is 13.2 Å². The predicted molar refractivity (Wildman–Crippen MR) is 56.9 cm³/mol. The van der Waals surface area contributed by atoms with Gasteiger partial charge in [-0.25, -0.2) is 4.63 Å². The molecule has 0 radical (unpaired) electrons. The van der Waals surface area contributed by atoms with Crippen molar-refractivity contribution >= 4 is 42.9 Å². The zero-order valence-corrected chi connectivity index (χ0v) is 10.9. The molecular weight excluding hydrogens is 357 g/mol. The normalized spacial score (nSPS) is 12.4. The van der Waals surface area contributed by atoms with Crippen molar-refractivity contribution in [3.05, 3.63) is 20.1 Å². The van der Waals surface area contributed by atoms with E-state index < -0.39 is 11.7 Å². The first-order valence-electron chi connectivity index (χ1n) is 4.01. The van der Waals surface area contributed by atoms with Crippen LogP contribution in [0.3, 0.4) is 0 Å². The van der Waals surface area contributed by atoms with Crippen LogP contribution >= 0.6 is 31.9 Å². The SMILES string of the molecule is Cc1c(C(F)(F)F)c(Br)c2nonc2c1Br. The van der Waals surface area contributed by atoms with Crippen LogP contribution in [-0.2, 0) is 6.18 Å². The fourth-order valence-corrected chi connectivity index (χ4v) is 2.62. The average Bonchev–Trinajstić information content (AvgIpc) is 2.61. The van der Waals surface area contributed by atoms with Gasteiger partial charge >= 0.3 is 6.18 Å². The lowest BCUT2D eigenvalue weighted by Crippen LogP contribution is -2.09. The Labute approximate surface area is 104 Å². The van der Waals surface area contributed by atoms with Crippen LogP contribution in [0.5, 0.6) is 0 Å². The van der Waals surface area contributed by atoms with Gasteiger partial charge in [0.1, 0.15) is 0 Å². The van der Waals surface area contributed by atoms with Crippen molar-refractivity contribution in [2.45, 2.75) is 13.1 Å². The van der Waals surface area contributed by atoms with Crippen molar-refractivity contribution in [1.82, 2.24) is 10.3 Å². The summed E-state index contributed by atoms with van der Waals surface area (Å²) in [6.45, 7) is 1.35. The number of hydrogen-bond acceptors (Lipinski definition) is 3. The minimum absolute atomic E-state index is 0.0441. The molecule has 0 spiro atoms. The minimum atomic E-state index is -4.46. The fourth-order valence-electron chi connectivity index (χ4n) is 1.38. The van der Waals surface area contributed by atoms with Gasteiger partial charge in [0, 0.05) is 0 Å². The number of nitrogens with zero attached hydrogens (tertiary/aromatic N) is 2. The van der Waals surface area contributed by atoms with E-state index in [1.54, 1.807) is 0 Å². The predicted octanol–water partition coefficient (Wildman–Crippen LogP) is 4.08. The van der Waals surface area contributed by atoms with Gasteiger partial charge < -0.3 is 0 Å². The summed E-state index contributed by atoms with van der Waals surface area (Å²) in [5.74, 6) is 0. The molecule has 1 heterocycles. The Balaban J connectivity index is 2.94. The van der Waals surface area contributed by atoms with E-state index in [1.165, 1.54) is 6.92 Å². The highest BCUT2D eigenvalue weighted by atomic mass is 79.9. The van der Waals surface area contributed by atoms with Crippen LogP contribution in [-0.4, -0.2) is 10.3 Å². The van der Waals surface area contributed by atoms with Gasteiger partial charge in [-0.15, -0.1) is 0 Å². The lowest BCUT2D eigenvalue weighted by molar-refractivity contribution is -0.138. The largest absolute Gasteiger partial charge is 0.417 e. The number of hydrogen-bond donors (Lipinski definition) is 0. The Kier molecular flexibility index (Phi) is 2.73. The molecule has 0 saturated heterocycles. The molecule has 3 nitrogen and oxygen atoms in total. The highest BCUT2D eigenvalue weighted by Crippen LogP contribution is 2.43. The highest BCUT2D eigenvalue weighted by Gasteiger charge is 2.37. The average molecular weight is 360 g/mol. The van der Waals surface area contributed by atoms with E-state index in [2.05, 4.69) is 46.8 Å². The third kappa shape index (κ3) is 1.64. The number of halogens is 5.